The molecule has 51 heavy (non-hydrogen) atoms. The Hall–Kier alpha value is -5.69. The van der Waals surface area contributed by atoms with Crippen LogP contribution in [0.5, 0.6) is 11.5 Å². The number of hydrogen-bond donors (Lipinski definition) is 3. The zero-order chi connectivity index (χ0) is 37.2. The summed E-state index contributed by atoms with van der Waals surface area (Å²) < 4.78 is 23.3. The Morgan fingerprint density at radius 1 is 0.824 bits per heavy atom. The molecule has 3 amide bonds. The number of ketones is 1. The van der Waals surface area contributed by atoms with Crippen molar-refractivity contribution in [1.29, 1.82) is 0 Å². The SMILES string of the molecule is COc1ccc(C(=O)C(c2ccc(OC)cc2)n2cnc(NC(=O)C(COCc3ccccc3)NC(=O)C(C)(C)NC(=O)OC(C)(C)C)c2)cc1. The van der Waals surface area contributed by atoms with Crippen molar-refractivity contribution in [2.45, 2.75) is 64.4 Å². The number of amides is 3. The number of Topliss-reactive ketones (excluding diaryl/α,β-unsaturated/α-hetero) is 1. The van der Waals surface area contributed by atoms with Crippen molar-refractivity contribution in [1.82, 2.24) is 20.2 Å². The van der Waals surface area contributed by atoms with Crippen molar-refractivity contribution in [3.05, 3.63) is 108 Å². The van der Waals surface area contributed by atoms with E-state index in [2.05, 4.69) is 20.9 Å². The summed E-state index contributed by atoms with van der Waals surface area (Å²) in [6.45, 7) is 8.10. The van der Waals surface area contributed by atoms with Crippen LogP contribution in [-0.2, 0) is 25.7 Å². The molecule has 13 heteroatoms. The number of rotatable bonds is 15. The summed E-state index contributed by atoms with van der Waals surface area (Å²) in [6, 6.07) is 21.2. The van der Waals surface area contributed by atoms with Crippen LogP contribution in [0.2, 0.25) is 0 Å². The van der Waals surface area contributed by atoms with Gasteiger partial charge in [0.1, 0.15) is 34.7 Å². The molecule has 0 aliphatic rings. The van der Waals surface area contributed by atoms with Crippen molar-refractivity contribution in [2.24, 2.45) is 0 Å². The van der Waals surface area contributed by atoms with Gasteiger partial charge in [0, 0.05) is 11.8 Å². The highest BCUT2D eigenvalue weighted by Gasteiger charge is 2.35. The fourth-order valence-electron chi connectivity index (χ4n) is 4.92. The second kappa shape index (κ2) is 16.8. The maximum Gasteiger partial charge on any atom is 0.408 e. The lowest BCUT2D eigenvalue weighted by molar-refractivity contribution is -0.131. The van der Waals surface area contributed by atoms with Crippen LogP contribution in [0.1, 0.15) is 62.1 Å². The topological polar surface area (TPSA) is 159 Å². The second-order valence-corrected chi connectivity index (χ2v) is 13.2. The molecule has 4 rings (SSSR count). The maximum atomic E-state index is 13.9. The minimum Gasteiger partial charge on any atom is -0.497 e. The number of nitrogens with one attached hydrogen (secondary N) is 3. The summed E-state index contributed by atoms with van der Waals surface area (Å²) in [5, 5.41) is 7.97. The van der Waals surface area contributed by atoms with Crippen molar-refractivity contribution >= 4 is 29.5 Å². The van der Waals surface area contributed by atoms with E-state index >= 15 is 0 Å². The molecule has 2 atom stereocenters. The van der Waals surface area contributed by atoms with Gasteiger partial charge in [-0.25, -0.2) is 9.78 Å². The van der Waals surface area contributed by atoms with Crippen LogP contribution in [0.15, 0.2) is 91.4 Å². The Morgan fingerprint density at radius 3 is 2.02 bits per heavy atom. The number of ether oxygens (including phenoxy) is 4. The van der Waals surface area contributed by atoms with Crippen molar-refractivity contribution in [3.63, 3.8) is 0 Å². The molecule has 3 N–H and O–H groups in total. The summed E-state index contributed by atoms with van der Waals surface area (Å²) in [5.74, 6) is -0.130. The average molecular weight is 700 g/mol. The van der Waals surface area contributed by atoms with Gasteiger partial charge >= 0.3 is 6.09 Å². The third-order valence-corrected chi connectivity index (χ3v) is 7.60. The standard InChI is InChI=1S/C38H45N5O8/c1-37(2,3)51-36(47)42-38(4,5)35(46)40-30(23-50-22-25-11-9-8-10-12-25)34(45)41-31-21-43(24-39-31)32(26-13-17-28(48-6)18-14-26)33(44)27-15-19-29(49-7)20-16-27/h8-21,24,30,32H,22-23H2,1-7H3,(H,40,46)(H,41,45)(H,42,47). The summed E-state index contributed by atoms with van der Waals surface area (Å²) in [5.41, 5.74) is -0.253. The predicted octanol–water partition coefficient (Wildman–Crippen LogP) is 5.32. The van der Waals surface area contributed by atoms with E-state index in [0.29, 0.717) is 22.6 Å². The summed E-state index contributed by atoms with van der Waals surface area (Å²) >= 11 is 0. The van der Waals surface area contributed by atoms with Crippen molar-refractivity contribution in [3.8, 4) is 11.5 Å². The Morgan fingerprint density at radius 2 is 1.43 bits per heavy atom. The minimum atomic E-state index is -1.45. The first-order valence-electron chi connectivity index (χ1n) is 16.3. The summed E-state index contributed by atoms with van der Waals surface area (Å²) in [4.78, 5) is 57.9. The lowest BCUT2D eigenvalue weighted by Gasteiger charge is -2.29. The number of methoxy groups -OCH3 is 2. The number of benzene rings is 3. The minimum absolute atomic E-state index is 0.134. The van der Waals surface area contributed by atoms with Gasteiger partial charge in [-0.15, -0.1) is 0 Å². The molecule has 13 nitrogen and oxygen atoms in total. The number of imidazole rings is 1. The van der Waals surface area contributed by atoms with Crippen LogP contribution < -0.4 is 25.4 Å². The number of hydrogen-bond acceptors (Lipinski definition) is 9. The molecule has 0 saturated heterocycles. The molecule has 0 bridgehead atoms. The predicted molar refractivity (Wildman–Crippen MR) is 191 cm³/mol. The largest absolute Gasteiger partial charge is 0.497 e. The number of aromatic nitrogens is 2. The van der Waals surface area contributed by atoms with Gasteiger partial charge in [-0.2, -0.15) is 0 Å². The molecule has 4 aromatic rings. The zero-order valence-electron chi connectivity index (χ0n) is 29.9. The highest BCUT2D eigenvalue weighted by atomic mass is 16.6. The van der Waals surface area contributed by atoms with Gasteiger partial charge < -0.3 is 39.5 Å². The van der Waals surface area contributed by atoms with Gasteiger partial charge in [0.15, 0.2) is 11.6 Å². The lowest BCUT2D eigenvalue weighted by atomic mass is 9.97. The van der Waals surface area contributed by atoms with Crippen LogP contribution in [0.4, 0.5) is 10.6 Å². The first-order chi connectivity index (χ1) is 24.2. The molecule has 1 heterocycles. The third kappa shape index (κ3) is 10.9. The normalized spacial score (nSPS) is 12.6. The van der Waals surface area contributed by atoms with Gasteiger partial charge in [0.05, 0.1) is 33.8 Å². The third-order valence-electron chi connectivity index (χ3n) is 7.60. The molecule has 0 radical (unpaired) electrons. The Balaban J connectivity index is 1.56. The number of alkyl carbamates (subject to hydrolysis) is 1. The molecular weight excluding hydrogens is 654 g/mol. The Labute approximate surface area is 297 Å². The molecule has 1 aromatic heterocycles. The molecule has 0 saturated carbocycles. The van der Waals surface area contributed by atoms with Crippen molar-refractivity contribution < 1.29 is 38.1 Å². The molecule has 0 aliphatic heterocycles. The summed E-state index contributed by atoms with van der Waals surface area (Å²) in [6.07, 6.45) is 2.19. The van der Waals surface area contributed by atoms with Gasteiger partial charge in [-0.3, -0.25) is 14.4 Å². The fraction of sp³-hybridized carbons (Fsp3) is 0.342. The van der Waals surface area contributed by atoms with Crippen LogP contribution in [0, 0.1) is 0 Å². The molecule has 3 aromatic carbocycles. The molecule has 0 spiro atoms. The quantitative estimate of drug-likeness (QED) is 0.140. The fourth-order valence-corrected chi connectivity index (χ4v) is 4.92. The van der Waals surface area contributed by atoms with E-state index in [1.54, 1.807) is 88.1 Å². The number of nitrogens with zero attached hydrogens (tertiary/aromatic N) is 2. The zero-order valence-corrected chi connectivity index (χ0v) is 29.9. The van der Waals surface area contributed by atoms with Crippen LogP contribution in [-0.4, -0.2) is 71.3 Å². The molecule has 0 aliphatic carbocycles. The van der Waals surface area contributed by atoms with E-state index in [4.69, 9.17) is 18.9 Å². The van der Waals surface area contributed by atoms with Crippen molar-refractivity contribution in [2.75, 3.05) is 26.1 Å². The lowest BCUT2D eigenvalue weighted by Crippen LogP contribution is -2.59. The van der Waals surface area contributed by atoms with E-state index in [1.165, 1.54) is 26.4 Å². The highest BCUT2D eigenvalue weighted by molar-refractivity contribution is 6.01. The van der Waals surface area contributed by atoms with Crippen LogP contribution >= 0.6 is 0 Å². The smallest absolute Gasteiger partial charge is 0.408 e. The van der Waals surface area contributed by atoms with Gasteiger partial charge in [-0.1, -0.05) is 42.5 Å². The monoisotopic (exact) mass is 699 g/mol. The molecule has 270 valence electrons. The second-order valence-electron chi connectivity index (χ2n) is 13.2. The van der Waals surface area contributed by atoms with E-state index in [9.17, 15) is 19.2 Å². The number of carbonyl (C=O) groups is 4. The van der Waals surface area contributed by atoms with Crippen LogP contribution in [0.25, 0.3) is 0 Å². The van der Waals surface area contributed by atoms with E-state index in [0.717, 1.165) is 5.56 Å². The number of anilines is 1. The molecular formula is C38H45N5O8. The first kappa shape index (κ1) is 38.1. The van der Waals surface area contributed by atoms with Gasteiger partial charge in [0.2, 0.25) is 5.91 Å². The maximum absolute atomic E-state index is 13.9. The number of carbonyl (C=O) groups excluding carboxylic acids is 4. The van der Waals surface area contributed by atoms with E-state index < -0.39 is 41.1 Å². The average Bonchev–Trinajstić information content (AvgIpc) is 3.54. The first-order valence-corrected chi connectivity index (χ1v) is 16.3. The molecule has 2 unspecified atom stereocenters. The highest BCUT2D eigenvalue weighted by Crippen LogP contribution is 2.27. The van der Waals surface area contributed by atoms with Crippen LogP contribution in [0.3, 0.4) is 0 Å². The Kier molecular flexibility index (Phi) is 12.6. The van der Waals surface area contributed by atoms with Gasteiger partial charge in [0.25, 0.3) is 5.91 Å². The Bertz CT molecular complexity index is 1780. The van der Waals surface area contributed by atoms with Gasteiger partial charge in [-0.05, 0) is 82.1 Å². The molecule has 0 fully saturated rings. The van der Waals surface area contributed by atoms with E-state index in [-0.39, 0.29) is 24.8 Å². The summed E-state index contributed by atoms with van der Waals surface area (Å²) in [7, 11) is 3.10. The van der Waals surface area contributed by atoms with E-state index in [1.807, 2.05) is 30.3 Å².